The van der Waals surface area contributed by atoms with Crippen molar-refractivity contribution in [2.45, 2.75) is 32.7 Å². The zero-order valence-corrected chi connectivity index (χ0v) is 15.3. The standard InChI is InChI=1S/C19H25N7/c1-3-15-12-26(8-4-7-20-15)19-22-13(2)9-18(24-19)23-16-5-6-17-14(10-16)11-21-25-17/h5-6,9-11,15,20H,3-4,7-8,12H2,1-2H3,(H,21,25)(H,22,23,24). The predicted molar refractivity (Wildman–Crippen MR) is 105 cm³/mol. The summed E-state index contributed by atoms with van der Waals surface area (Å²) >= 11 is 0. The van der Waals surface area contributed by atoms with Gasteiger partial charge in [-0.2, -0.15) is 10.1 Å². The number of nitrogens with one attached hydrogen (secondary N) is 3. The maximum Gasteiger partial charge on any atom is 0.227 e. The average molecular weight is 351 g/mol. The second-order valence-electron chi connectivity index (χ2n) is 6.85. The molecule has 0 aliphatic carbocycles. The van der Waals surface area contributed by atoms with Crippen LogP contribution in [0.25, 0.3) is 10.9 Å². The van der Waals surface area contributed by atoms with Crippen LogP contribution in [0.5, 0.6) is 0 Å². The van der Waals surface area contributed by atoms with Crippen LogP contribution < -0.4 is 15.5 Å². The lowest BCUT2D eigenvalue weighted by atomic mass is 10.2. The molecule has 1 unspecified atom stereocenters. The molecule has 1 aliphatic rings. The van der Waals surface area contributed by atoms with Crippen molar-refractivity contribution in [3.05, 3.63) is 36.2 Å². The number of benzene rings is 1. The highest BCUT2D eigenvalue weighted by atomic mass is 15.3. The van der Waals surface area contributed by atoms with Gasteiger partial charge in [0.15, 0.2) is 0 Å². The molecule has 7 nitrogen and oxygen atoms in total. The fourth-order valence-electron chi connectivity index (χ4n) is 3.38. The molecule has 3 N–H and O–H groups in total. The molecule has 3 aromatic rings. The molecule has 0 spiro atoms. The van der Waals surface area contributed by atoms with E-state index in [1.54, 1.807) is 0 Å². The first-order valence-corrected chi connectivity index (χ1v) is 9.25. The molecule has 4 rings (SSSR count). The van der Waals surface area contributed by atoms with Gasteiger partial charge in [0.2, 0.25) is 5.95 Å². The van der Waals surface area contributed by atoms with Crippen LogP contribution in [0.3, 0.4) is 0 Å². The summed E-state index contributed by atoms with van der Waals surface area (Å²) in [6.07, 6.45) is 4.04. The van der Waals surface area contributed by atoms with E-state index >= 15 is 0 Å². The van der Waals surface area contributed by atoms with E-state index in [1.165, 1.54) is 0 Å². The molecule has 0 bridgehead atoms. The van der Waals surface area contributed by atoms with Crippen molar-refractivity contribution < 1.29 is 0 Å². The van der Waals surface area contributed by atoms with Crippen molar-refractivity contribution in [1.29, 1.82) is 0 Å². The molecule has 0 amide bonds. The van der Waals surface area contributed by atoms with Gasteiger partial charge in [0.1, 0.15) is 5.82 Å². The van der Waals surface area contributed by atoms with Crippen LogP contribution in [0, 0.1) is 6.92 Å². The summed E-state index contributed by atoms with van der Waals surface area (Å²) in [5, 5.41) is 15.1. The van der Waals surface area contributed by atoms with E-state index < -0.39 is 0 Å². The smallest absolute Gasteiger partial charge is 0.227 e. The maximum atomic E-state index is 4.78. The summed E-state index contributed by atoms with van der Waals surface area (Å²) in [5.74, 6) is 1.62. The highest BCUT2D eigenvalue weighted by Gasteiger charge is 2.19. The highest BCUT2D eigenvalue weighted by molar-refractivity contribution is 5.82. The van der Waals surface area contributed by atoms with Crippen LogP contribution in [0.1, 0.15) is 25.5 Å². The lowest BCUT2D eigenvalue weighted by molar-refractivity contribution is 0.527. The number of rotatable bonds is 4. The second-order valence-corrected chi connectivity index (χ2v) is 6.85. The van der Waals surface area contributed by atoms with Gasteiger partial charge in [-0.3, -0.25) is 5.10 Å². The summed E-state index contributed by atoms with van der Waals surface area (Å²) in [5.41, 5.74) is 2.98. The molecular weight excluding hydrogens is 326 g/mol. The molecule has 3 heterocycles. The highest BCUT2D eigenvalue weighted by Crippen LogP contribution is 2.22. The van der Waals surface area contributed by atoms with Gasteiger partial charge in [0.25, 0.3) is 0 Å². The third kappa shape index (κ3) is 3.62. The Balaban J connectivity index is 1.58. The third-order valence-electron chi connectivity index (χ3n) is 4.81. The zero-order valence-electron chi connectivity index (χ0n) is 15.3. The number of anilines is 3. The van der Waals surface area contributed by atoms with Crippen LogP contribution in [0.2, 0.25) is 0 Å². The molecule has 26 heavy (non-hydrogen) atoms. The second kappa shape index (κ2) is 7.29. The molecule has 1 aromatic carbocycles. The number of hydrogen-bond donors (Lipinski definition) is 3. The molecule has 1 fully saturated rings. The lowest BCUT2D eigenvalue weighted by Gasteiger charge is -2.24. The maximum absolute atomic E-state index is 4.78. The van der Waals surface area contributed by atoms with Crippen molar-refractivity contribution in [3.63, 3.8) is 0 Å². The zero-order chi connectivity index (χ0) is 17.9. The van der Waals surface area contributed by atoms with E-state index in [2.05, 4.69) is 43.7 Å². The van der Waals surface area contributed by atoms with E-state index in [4.69, 9.17) is 4.98 Å². The Hall–Kier alpha value is -2.67. The molecule has 1 atom stereocenters. The van der Waals surface area contributed by atoms with Crippen LogP contribution in [-0.4, -0.2) is 45.8 Å². The van der Waals surface area contributed by atoms with Crippen molar-refractivity contribution in [2.24, 2.45) is 0 Å². The minimum absolute atomic E-state index is 0.488. The summed E-state index contributed by atoms with van der Waals surface area (Å²) in [7, 11) is 0. The van der Waals surface area contributed by atoms with Gasteiger partial charge >= 0.3 is 0 Å². The Morgan fingerprint density at radius 1 is 1.27 bits per heavy atom. The number of H-pyrrole nitrogens is 1. The number of nitrogens with zero attached hydrogens (tertiary/aromatic N) is 4. The first kappa shape index (κ1) is 16.8. The van der Waals surface area contributed by atoms with Crippen molar-refractivity contribution in [2.75, 3.05) is 29.9 Å². The monoisotopic (exact) mass is 351 g/mol. The first-order valence-electron chi connectivity index (χ1n) is 9.25. The number of aromatic nitrogens is 4. The van der Waals surface area contributed by atoms with E-state index in [1.807, 2.05) is 31.3 Å². The molecule has 1 saturated heterocycles. The Labute approximate surface area is 153 Å². The van der Waals surface area contributed by atoms with Crippen LogP contribution in [0.15, 0.2) is 30.5 Å². The van der Waals surface area contributed by atoms with E-state index in [0.717, 1.165) is 66.5 Å². The Kier molecular flexibility index (Phi) is 4.71. The minimum Gasteiger partial charge on any atom is -0.340 e. The van der Waals surface area contributed by atoms with E-state index in [-0.39, 0.29) is 0 Å². The van der Waals surface area contributed by atoms with Gasteiger partial charge < -0.3 is 15.5 Å². The summed E-state index contributed by atoms with van der Waals surface area (Å²) in [6.45, 7) is 7.21. The Bertz CT molecular complexity index is 888. The largest absolute Gasteiger partial charge is 0.340 e. The molecular formula is C19H25N7. The number of aromatic amines is 1. The average Bonchev–Trinajstić information content (AvgIpc) is 2.96. The van der Waals surface area contributed by atoms with E-state index in [0.29, 0.717) is 6.04 Å². The first-order chi connectivity index (χ1) is 12.7. The van der Waals surface area contributed by atoms with Crippen LogP contribution in [-0.2, 0) is 0 Å². The Morgan fingerprint density at radius 2 is 2.19 bits per heavy atom. The fourth-order valence-corrected chi connectivity index (χ4v) is 3.38. The number of hydrogen-bond acceptors (Lipinski definition) is 6. The SMILES string of the molecule is CCC1CN(c2nc(C)cc(Nc3ccc4[nH]ncc4c3)n2)CCCN1. The van der Waals surface area contributed by atoms with Gasteiger partial charge in [-0.1, -0.05) is 6.92 Å². The molecule has 2 aromatic heterocycles. The van der Waals surface area contributed by atoms with E-state index in [9.17, 15) is 0 Å². The van der Waals surface area contributed by atoms with Crippen molar-refractivity contribution in [1.82, 2.24) is 25.5 Å². The van der Waals surface area contributed by atoms with Gasteiger partial charge in [-0.05, 0) is 44.5 Å². The number of aryl methyl sites for hydroxylation is 1. The fraction of sp³-hybridized carbons (Fsp3) is 0.421. The lowest BCUT2D eigenvalue weighted by Crippen LogP contribution is -2.38. The summed E-state index contributed by atoms with van der Waals surface area (Å²) < 4.78 is 0. The van der Waals surface area contributed by atoms with Crippen LogP contribution >= 0.6 is 0 Å². The minimum atomic E-state index is 0.488. The molecule has 7 heteroatoms. The Morgan fingerprint density at radius 3 is 3.08 bits per heavy atom. The molecule has 0 radical (unpaired) electrons. The van der Waals surface area contributed by atoms with Gasteiger partial charge in [0.05, 0.1) is 11.7 Å². The summed E-state index contributed by atoms with van der Waals surface area (Å²) in [6, 6.07) is 8.59. The number of fused-ring (bicyclic) bond motifs is 1. The van der Waals surface area contributed by atoms with Gasteiger partial charge in [-0.25, -0.2) is 4.98 Å². The molecule has 0 saturated carbocycles. The third-order valence-corrected chi connectivity index (χ3v) is 4.81. The quantitative estimate of drug-likeness (QED) is 0.670. The predicted octanol–water partition coefficient (Wildman–Crippen LogP) is 2.98. The van der Waals surface area contributed by atoms with Crippen molar-refractivity contribution in [3.8, 4) is 0 Å². The molecule has 136 valence electrons. The van der Waals surface area contributed by atoms with Crippen molar-refractivity contribution >= 4 is 28.4 Å². The van der Waals surface area contributed by atoms with Crippen LogP contribution in [0.4, 0.5) is 17.5 Å². The normalized spacial score (nSPS) is 18.1. The van der Waals surface area contributed by atoms with Gasteiger partial charge in [0, 0.05) is 42.0 Å². The summed E-state index contributed by atoms with van der Waals surface area (Å²) in [4.78, 5) is 11.8. The topological polar surface area (TPSA) is 81.8 Å². The van der Waals surface area contributed by atoms with Gasteiger partial charge in [-0.15, -0.1) is 0 Å². The molecule has 1 aliphatic heterocycles.